The highest BCUT2D eigenvalue weighted by Crippen LogP contribution is 2.31. The van der Waals surface area contributed by atoms with Gasteiger partial charge in [0.2, 0.25) is 0 Å². The molecular weight excluding hydrogens is 328 g/mol. The first kappa shape index (κ1) is 16.9. The highest BCUT2D eigenvalue weighted by atomic mass is 16.5. The van der Waals surface area contributed by atoms with Gasteiger partial charge in [0.05, 0.1) is 7.11 Å². The summed E-state index contributed by atoms with van der Waals surface area (Å²) in [6, 6.07) is 15.0. The number of para-hydroxylation sites is 2. The van der Waals surface area contributed by atoms with E-state index in [2.05, 4.69) is 10.2 Å². The van der Waals surface area contributed by atoms with Crippen molar-refractivity contribution >= 4 is 5.91 Å². The number of benzene rings is 2. The van der Waals surface area contributed by atoms with Crippen molar-refractivity contribution in [2.45, 2.75) is 18.9 Å². The Morgan fingerprint density at radius 2 is 1.73 bits per heavy atom. The van der Waals surface area contributed by atoms with Crippen molar-refractivity contribution in [1.29, 1.82) is 0 Å². The Bertz CT molecular complexity index is 767. The Morgan fingerprint density at radius 1 is 1.04 bits per heavy atom. The molecule has 2 aromatic rings. The molecule has 5 nitrogen and oxygen atoms in total. The van der Waals surface area contributed by atoms with Crippen molar-refractivity contribution in [3.63, 3.8) is 0 Å². The minimum atomic E-state index is -0.00686. The number of nitrogens with zero attached hydrogens (tertiary/aromatic N) is 1. The van der Waals surface area contributed by atoms with Gasteiger partial charge in [-0.25, -0.2) is 0 Å². The lowest BCUT2D eigenvalue weighted by molar-refractivity contribution is 0.0620. The third-order valence-corrected chi connectivity index (χ3v) is 5.39. The zero-order valence-electron chi connectivity index (χ0n) is 15.0. The van der Waals surface area contributed by atoms with Crippen molar-refractivity contribution in [3.8, 4) is 17.2 Å². The lowest BCUT2D eigenvalue weighted by atomic mass is 9.84. The first-order chi connectivity index (χ1) is 12.7. The van der Waals surface area contributed by atoms with E-state index in [1.54, 1.807) is 19.2 Å². The quantitative estimate of drug-likeness (QED) is 0.897. The second-order valence-electron chi connectivity index (χ2n) is 7.00. The van der Waals surface area contributed by atoms with E-state index in [4.69, 9.17) is 9.47 Å². The summed E-state index contributed by atoms with van der Waals surface area (Å²) in [5.41, 5.74) is 0.661. The van der Waals surface area contributed by atoms with Gasteiger partial charge in [-0.3, -0.25) is 4.79 Å². The van der Waals surface area contributed by atoms with Crippen LogP contribution in [0.15, 0.2) is 48.5 Å². The summed E-state index contributed by atoms with van der Waals surface area (Å²) in [7, 11) is 1.62. The van der Waals surface area contributed by atoms with E-state index in [9.17, 15) is 4.79 Å². The summed E-state index contributed by atoms with van der Waals surface area (Å²) in [5, 5.41) is 3.21. The number of amides is 1. The summed E-state index contributed by atoms with van der Waals surface area (Å²) < 4.78 is 11.2. The molecule has 3 fully saturated rings. The number of rotatable bonds is 5. The third kappa shape index (κ3) is 3.53. The van der Waals surface area contributed by atoms with Crippen LogP contribution in [0, 0.1) is 5.92 Å². The summed E-state index contributed by atoms with van der Waals surface area (Å²) in [5.74, 6) is 2.62. The Labute approximate surface area is 153 Å². The van der Waals surface area contributed by atoms with Crippen molar-refractivity contribution in [1.82, 2.24) is 10.2 Å². The molecule has 2 aromatic carbocycles. The molecule has 3 aliphatic heterocycles. The number of fused-ring (bicyclic) bond motifs is 3. The molecule has 0 saturated carbocycles. The molecule has 26 heavy (non-hydrogen) atoms. The molecule has 1 amide bonds. The largest absolute Gasteiger partial charge is 0.493 e. The highest BCUT2D eigenvalue weighted by Gasteiger charge is 2.34. The normalized spacial score (nSPS) is 24.1. The van der Waals surface area contributed by atoms with Crippen molar-refractivity contribution < 1.29 is 14.3 Å². The fraction of sp³-hybridized carbons (Fsp3) is 0.381. The summed E-state index contributed by atoms with van der Waals surface area (Å²) in [6.45, 7) is 3.32. The average molecular weight is 352 g/mol. The third-order valence-electron chi connectivity index (χ3n) is 5.39. The van der Waals surface area contributed by atoms with Gasteiger partial charge in [0.15, 0.2) is 11.5 Å². The monoisotopic (exact) mass is 352 g/mol. The van der Waals surface area contributed by atoms with Crippen LogP contribution in [-0.2, 0) is 0 Å². The fourth-order valence-electron chi connectivity index (χ4n) is 3.88. The maximum atomic E-state index is 12.6. The van der Waals surface area contributed by atoms with Gasteiger partial charge in [-0.1, -0.05) is 12.1 Å². The molecule has 0 spiro atoms. The van der Waals surface area contributed by atoms with Crippen LogP contribution in [0.25, 0.3) is 0 Å². The van der Waals surface area contributed by atoms with Gasteiger partial charge >= 0.3 is 0 Å². The molecule has 5 heteroatoms. The molecule has 0 unspecified atom stereocenters. The van der Waals surface area contributed by atoms with Crippen LogP contribution in [0.5, 0.6) is 17.2 Å². The first-order valence-corrected chi connectivity index (χ1v) is 9.17. The highest BCUT2D eigenvalue weighted by molar-refractivity contribution is 5.94. The minimum Gasteiger partial charge on any atom is -0.493 e. The van der Waals surface area contributed by atoms with Crippen LogP contribution in [-0.4, -0.2) is 43.6 Å². The van der Waals surface area contributed by atoms with E-state index in [0.717, 1.165) is 6.54 Å². The molecule has 3 aliphatic rings. The summed E-state index contributed by atoms with van der Waals surface area (Å²) in [4.78, 5) is 15.0. The van der Waals surface area contributed by atoms with Gasteiger partial charge in [-0.2, -0.15) is 0 Å². The molecule has 1 atom stereocenters. The second kappa shape index (κ2) is 7.38. The number of hydrogen-bond acceptors (Lipinski definition) is 4. The van der Waals surface area contributed by atoms with Gasteiger partial charge in [-0.15, -0.1) is 0 Å². The summed E-state index contributed by atoms with van der Waals surface area (Å²) >= 11 is 0. The second-order valence-corrected chi connectivity index (χ2v) is 7.00. The molecule has 2 bridgehead atoms. The molecule has 0 radical (unpaired) electrons. The fourth-order valence-corrected chi connectivity index (χ4v) is 3.88. The smallest absolute Gasteiger partial charge is 0.251 e. The van der Waals surface area contributed by atoms with E-state index in [-0.39, 0.29) is 11.9 Å². The van der Waals surface area contributed by atoms with Crippen LogP contribution < -0.4 is 14.8 Å². The predicted molar refractivity (Wildman–Crippen MR) is 99.9 cm³/mol. The standard InChI is InChI=1S/C21H24N2O3/c1-25-19-4-2-3-5-20(19)26-17-8-6-16(7-9-17)21(24)22-18-14-23-12-10-15(18)11-13-23/h2-9,15,18H,10-14H2,1H3,(H,22,24)/t18-/m0/s1. The Morgan fingerprint density at radius 3 is 2.35 bits per heavy atom. The number of hydrogen-bond donors (Lipinski definition) is 1. The van der Waals surface area contributed by atoms with Gasteiger partial charge in [0.25, 0.3) is 5.91 Å². The SMILES string of the molecule is COc1ccccc1Oc1ccc(C(=O)N[C@H]2CN3CCC2CC3)cc1. The van der Waals surface area contributed by atoms with E-state index in [1.165, 1.54) is 25.9 Å². The van der Waals surface area contributed by atoms with Crippen LogP contribution in [0.1, 0.15) is 23.2 Å². The Hall–Kier alpha value is -2.53. The zero-order chi connectivity index (χ0) is 17.9. The minimum absolute atomic E-state index is 0.00686. The molecular formula is C21H24N2O3. The molecule has 0 aromatic heterocycles. The first-order valence-electron chi connectivity index (χ1n) is 9.17. The summed E-state index contributed by atoms with van der Waals surface area (Å²) in [6.07, 6.45) is 2.38. The molecule has 0 aliphatic carbocycles. The number of piperidine rings is 3. The van der Waals surface area contributed by atoms with Crippen LogP contribution in [0.4, 0.5) is 0 Å². The predicted octanol–water partition coefficient (Wildman–Crippen LogP) is 3.31. The number of methoxy groups -OCH3 is 1. The molecule has 3 saturated heterocycles. The molecule has 1 N–H and O–H groups in total. The molecule has 3 heterocycles. The van der Waals surface area contributed by atoms with Gasteiger partial charge < -0.3 is 19.7 Å². The van der Waals surface area contributed by atoms with E-state index in [0.29, 0.717) is 28.7 Å². The number of nitrogens with one attached hydrogen (secondary N) is 1. The van der Waals surface area contributed by atoms with E-state index < -0.39 is 0 Å². The van der Waals surface area contributed by atoms with Crippen molar-refractivity contribution in [3.05, 3.63) is 54.1 Å². The Kier molecular flexibility index (Phi) is 4.80. The maximum Gasteiger partial charge on any atom is 0.251 e. The molecule has 5 rings (SSSR count). The topological polar surface area (TPSA) is 50.8 Å². The van der Waals surface area contributed by atoms with Crippen molar-refractivity contribution in [2.75, 3.05) is 26.7 Å². The number of carbonyl (C=O) groups excluding carboxylic acids is 1. The number of ether oxygens (including phenoxy) is 2. The van der Waals surface area contributed by atoms with E-state index >= 15 is 0 Å². The van der Waals surface area contributed by atoms with Gasteiger partial charge in [0.1, 0.15) is 5.75 Å². The maximum absolute atomic E-state index is 12.6. The average Bonchev–Trinajstić information content (AvgIpc) is 2.70. The lowest BCUT2D eigenvalue weighted by Crippen LogP contribution is -2.57. The van der Waals surface area contributed by atoms with Crippen LogP contribution in [0.3, 0.4) is 0 Å². The zero-order valence-corrected chi connectivity index (χ0v) is 15.0. The van der Waals surface area contributed by atoms with Crippen LogP contribution >= 0.6 is 0 Å². The molecule has 136 valence electrons. The lowest BCUT2D eigenvalue weighted by Gasteiger charge is -2.44. The van der Waals surface area contributed by atoms with Gasteiger partial charge in [0, 0.05) is 18.2 Å². The van der Waals surface area contributed by atoms with Gasteiger partial charge in [-0.05, 0) is 68.2 Å². The Balaban J connectivity index is 1.40. The van der Waals surface area contributed by atoms with Crippen molar-refractivity contribution in [2.24, 2.45) is 5.92 Å². The van der Waals surface area contributed by atoms with E-state index in [1.807, 2.05) is 36.4 Å². The van der Waals surface area contributed by atoms with Crippen LogP contribution in [0.2, 0.25) is 0 Å². The number of carbonyl (C=O) groups is 1.